The molecule has 1 N–H and O–H groups in total. The van der Waals surface area contributed by atoms with Gasteiger partial charge in [0, 0.05) is 12.1 Å². The number of ether oxygens (including phenoxy) is 3. The molecular weight excluding hydrogens is 392 g/mol. The number of rotatable bonds is 5. The lowest BCUT2D eigenvalue weighted by atomic mass is 9.72. The fourth-order valence-electron chi connectivity index (χ4n) is 3.87. The molecule has 9 nitrogen and oxygen atoms in total. The summed E-state index contributed by atoms with van der Waals surface area (Å²) in [7, 11) is 2.46. The molecule has 2 aliphatic heterocycles. The zero-order chi connectivity index (χ0) is 21.9. The van der Waals surface area contributed by atoms with Crippen LogP contribution >= 0.6 is 0 Å². The molecule has 2 heterocycles. The number of carbonyl (C=O) groups excluding carboxylic acids is 4. The van der Waals surface area contributed by atoms with Crippen LogP contribution in [0.4, 0.5) is 5.69 Å². The van der Waals surface area contributed by atoms with Gasteiger partial charge in [-0.25, -0.2) is 9.59 Å². The van der Waals surface area contributed by atoms with Gasteiger partial charge in [0.2, 0.25) is 11.8 Å². The van der Waals surface area contributed by atoms with Gasteiger partial charge >= 0.3 is 11.9 Å². The van der Waals surface area contributed by atoms with Crippen LogP contribution in [-0.4, -0.2) is 51.3 Å². The lowest BCUT2D eigenvalue weighted by Gasteiger charge is -2.35. The minimum Gasteiger partial charge on any atom is -0.466 e. The zero-order valence-corrected chi connectivity index (χ0v) is 17.1. The van der Waals surface area contributed by atoms with Crippen LogP contribution in [0.25, 0.3) is 0 Å². The number of nitrogens with one attached hydrogen (secondary N) is 1. The SMILES string of the molecule is CCC1(c2ccc(N3COCC(C(=O)OC)=C3C(=O)OC)cc2)CCC(=O)NC1=O. The topological polar surface area (TPSA) is 111 Å². The van der Waals surface area contributed by atoms with Gasteiger partial charge in [-0.1, -0.05) is 19.1 Å². The highest BCUT2D eigenvalue weighted by molar-refractivity contribution is 6.04. The van der Waals surface area contributed by atoms with Gasteiger partial charge in [0.25, 0.3) is 0 Å². The third-order valence-corrected chi connectivity index (χ3v) is 5.63. The third-order valence-electron chi connectivity index (χ3n) is 5.63. The van der Waals surface area contributed by atoms with E-state index in [4.69, 9.17) is 14.2 Å². The molecule has 3 rings (SSSR count). The first-order valence-corrected chi connectivity index (χ1v) is 9.57. The van der Waals surface area contributed by atoms with Gasteiger partial charge in [-0.05, 0) is 30.5 Å². The Kier molecular flexibility index (Phi) is 6.21. The van der Waals surface area contributed by atoms with E-state index in [1.807, 2.05) is 6.92 Å². The summed E-state index contributed by atoms with van der Waals surface area (Å²) in [5.74, 6) is -1.93. The zero-order valence-electron chi connectivity index (χ0n) is 17.1. The summed E-state index contributed by atoms with van der Waals surface area (Å²) < 4.78 is 15.1. The average Bonchev–Trinajstić information content (AvgIpc) is 2.78. The van der Waals surface area contributed by atoms with Crippen LogP contribution in [0.15, 0.2) is 35.5 Å². The molecular formula is C21H24N2O7. The van der Waals surface area contributed by atoms with Crippen LogP contribution in [0.3, 0.4) is 0 Å². The molecule has 9 heteroatoms. The maximum Gasteiger partial charge on any atom is 0.355 e. The van der Waals surface area contributed by atoms with Gasteiger partial charge in [-0.3, -0.25) is 14.9 Å². The second-order valence-electron chi connectivity index (χ2n) is 7.08. The first-order valence-electron chi connectivity index (χ1n) is 9.57. The molecule has 0 spiro atoms. The van der Waals surface area contributed by atoms with Crippen LogP contribution in [0.2, 0.25) is 0 Å². The van der Waals surface area contributed by atoms with E-state index in [9.17, 15) is 19.2 Å². The number of benzene rings is 1. The molecule has 1 unspecified atom stereocenters. The molecule has 1 atom stereocenters. The molecule has 1 fully saturated rings. The fraction of sp³-hybridized carbons (Fsp3) is 0.429. The lowest BCUT2D eigenvalue weighted by Crippen LogP contribution is -2.51. The number of esters is 2. The second kappa shape index (κ2) is 8.66. The highest BCUT2D eigenvalue weighted by Crippen LogP contribution is 2.37. The molecule has 160 valence electrons. The van der Waals surface area contributed by atoms with E-state index in [0.717, 1.165) is 5.56 Å². The highest BCUT2D eigenvalue weighted by Gasteiger charge is 2.42. The van der Waals surface area contributed by atoms with Gasteiger partial charge in [-0.15, -0.1) is 0 Å². The van der Waals surface area contributed by atoms with Crippen molar-refractivity contribution in [3.05, 3.63) is 41.1 Å². The van der Waals surface area contributed by atoms with Crippen molar-refractivity contribution in [2.75, 3.05) is 32.5 Å². The number of carbonyl (C=O) groups is 4. The molecule has 1 aromatic carbocycles. The number of anilines is 1. The van der Waals surface area contributed by atoms with Gasteiger partial charge in [0.05, 0.1) is 31.8 Å². The Morgan fingerprint density at radius 3 is 2.37 bits per heavy atom. The first-order chi connectivity index (χ1) is 14.4. The Balaban J connectivity index is 1.98. The minimum absolute atomic E-state index is 0.0399. The number of amides is 2. The quantitative estimate of drug-likeness (QED) is 0.562. The van der Waals surface area contributed by atoms with Crippen LogP contribution < -0.4 is 10.2 Å². The van der Waals surface area contributed by atoms with E-state index >= 15 is 0 Å². The van der Waals surface area contributed by atoms with Crippen LogP contribution in [0.1, 0.15) is 31.7 Å². The standard InChI is InChI=1S/C21H24N2O7/c1-4-21(10-9-16(24)22-20(21)27)13-5-7-14(8-6-13)23-12-30-11-15(18(25)28-2)17(23)19(26)29-3/h5-8H,4,9-12H2,1-3H3,(H,22,24,27). The van der Waals surface area contributed by atoms with Crippen molar-refractivity contribution in [2.45, 2.75) is 31.6 Å². The Bertz CT molecular complexity index is 906. The van der Waals surface area contributed by atoms with Crippen molar-refractivity contribution >= 4 is 29.4 Å². The molecule has 30 heavy (non-hydrogen) atoms. The van der Waals surface area contributed by atoms with Crippen molar-refractivity contribution in [3.63, 3.8) is 0 Å². The molecule has 0 saturated carbocycles. The number of piperidine rings is 1. The monoisotopic (exact) mass is 416 g/mol. The molecule has 0 aromatic heterocycles. The van der Waals surface area contributed by atoms with Crippen LogP contribution in [0, 0.1) is 0 Å². The maximum atomic E-state index is 12.6. The number of hydrogen-bond donors (Lipinski definition) is 1. The normalized spacial score (nSPS) is 21.9. The number of hydrogen-bond acceptors (Lipinski definition) is 8. The Labute approximate surface area is 174 Å². The largest absolute Gasteiger partial charge is 0.466 e. The van der Waals surface area contributed by atoms with Crippen LogP contribution in [-0.2, 0) is 38.8 Å². The summed E-state index contributed by atoms with van der Waals surface area (Å²) in [5.41, 5.74) is 0.681. The smallest absolute Gasteiger partial charge is 0.355 e. The lowest BCUT2D eigenvalue weighted by molar-refractivity contribution is -0.140. The van der Waals surface area contributed by atoms with Crippen molar-refractivity contribution in [2.24, 2.45) is 0 Å². The van der Waals surface area contributed by atoms with Crippen molar-refractivity contribution in [3.8, 4) is 0 Å². The van der Waals surface area contributed by atoms with E-state index in [1.54, 1.807) is 24.3 Å². The number of imide groups is 1. The molecule has 2 aliphatic rings. The molecule has 2 amide bonds. The summed E-state index contributed by atoms with van der Waals surface area (Å²) in [5, 5.41) is 2.42. The van der Waals surface area contributed by atoms with Crippen molar-refractivity contribution in [1.29, 1.82) is 0 Å². The van der Waals surface area contributed by atoms with Gasteiger partial charge in [-0.2, -0.15) is 0 Å². The molecule has 0 aliphatic carbocycles. The van der Waals surface area contributed by atoms with E-state index < -0.39 is 17.4 Å². The van der Waals surface area contributed by atoms with Gasteiger partial charge in [0.1, 0.15) is 12.4 Å². The predicted molar refractivity (Wildman–Crippen MR) is 105 cm³/mol. The highest BCUT2D eigenvalue weighted by atomic mass is 16.5. The Morgan fingerprint density at radius 1 is 1.13 bits per heavy atom. The van der Waals surface area contributed by atoms with Gasteiger partial charge < -0.3 is 19.1 Å². The summed E-state index contributed by atoms with van der Waals surface area (Å²) in [4.78, 5) is 50.2. The molecule has 0 bridgehead atoms. The minimum atomic E-state index is -0.789. The van der Waals surface area contributed by atoms with E-state index in [1.165, 1.54) is 19.1 Å². The summed E-state index contributed by atoms with van der Waals surface area (Å²) in [6.07, 6.45) is 1.25. The maximum absolute atomic E-state index is 12.6. The van der Waals surface area contributed by atoms with Crippen molar-refractivity contribution in [1.82, 2.24) is 5.32 Å². The summed E-state index contributed by atoms with van der Waals surface area (Å²) in [6.45, 7) is 1.87. The average molecular weight is 416 g/mol. The van der Waals surface area contributed by atoms with Gasteiger partial charge in [0.15, 0.2) is 0 Å². The Hall–Kier alpha value is -3.20. The Morgan fingerprint density at radius 2 is 1.80 bits per heavy atom. The summed E-state index contributed by atoms with van der Waals surface area (Å²) >= 11 is 0. The second-order valence-corrected chi connectivity index (χ2v) is 7.08. The van der Waals surface area contributed by atoms with E-state index in [-0.39, 0.29) is 42.8 Å². The summed E-state index contributed by atoms with van der Waals surface area (Å²) in [6, 6.07) is 7.05. The first kappa shape index (κ1) is 21.5. The number of methoxy groups -OCH3 is 2. The van der Waals surface area contributed by atoms with Crippen LogP contribution in [0.5, 0.6) is 0 Å². The fourth-order valence-corrected chi connectivity index (χ4v) is 3.87. The molecule has 0 radical (unpaired) electrons. The van der Waals surface area contributed by atoms with E-state index in [0.29, 0.717) is 18.5 Å². The molecule has 1 aromatic rings. The molecule has 1 saturated heterocycles. The third kappa shape index (κ3) is 3.68. The number of nitrogens with zero attached hydrogens (tertiary/aromatic N) is 1. The predicted octanol–water partition coefficient (Wildman–Crippen LogP) is 1.17. The van der Waals surface area contributed by atoms with Crippen molar-refractivity contribution < 1.29 is 33.4 Å². The van der Waals surface area contributed by atoms with E-state index in [2.05, 4.69) is 5.32 Å².